The molecular formula is C27H32ClN3O3S. The highest BCUT2D eigenvalue weighted by molar-refractivity contribution is 7.89. The summed E-state index contributed by atoms with van der Waals surface area (Å²) < 4.78 is 27.9. The summed E-state index contributed by atoms with van der Waals surface area (Å²) in [5, 5.41) is 1.92. The third-order valence-electron chi connectivity index (χ3n) is 6.94. The highest BCUT2D eigenvalue weighted by Crippen LogP contribution is 2.23. The molecule has 2 aliphatic rings. The van der Waals surface area contributed by atoms with Crippen molar-refractivity contribution in [3.8, 4) is 0 Å². The van der Waals surface area contributed by atoms with Crippen molar-refractivity contribution >= 4 is 39.1 Å². The molecule has 0 aromatic heterocycles. The van der Waals surface area contributed by atoms with Gasteiger partial charge in [-0.25, -0.2) is 8.42 Å². The second-order valence-electron chi connectivity index (χ2n) is 9.24. The molecule has 0 saturated carbocycles. The first-order chi connectivity index (χ1) is 16.5. The number of piperazine rings is 1. The van der Waals surface area contributed by atoms with Crippen LogP contribution in [0.1, 0.15) is 35.2 Å². The molecule has 8 heteroatoms. The zero-order chi connectivity index (χ0) is 23.5. The molecule has 3 aromatic carbocycles. The third-order valence-corrected chi connectivity index (χ3v) is 8.83. The van der Waals surface area contributed by atoms with Gasteiger partial charge in [0.2, 0.25) is 10.0 Å². The van der Waals surface area contributed by atoms with E-state index in [1.807, 2.05) is 54.6 Å². The fourth-order valence-electron chi connectivity index (χ4n) is 4.92. The summed E-state index contributed by atoms with van der Waals surface area (Å²) in [6, 6.07) is 20.9. The Balaban J connectivity index is 0.00000289. The van der Waals surface area contributed by atoms with Crippen LogP contribution in [0.2, 0.25) is 0 Å². The lowest BCUT2D eigenvalue weighted by Gasteiger charge is -2.34. The number of hydrogen-bond acceptors (Lipinski definition) is 4. The van der Waals surface area contributed by atoms with Crippen molar-refractivity contribution in [3.63, 3.8) is 0 Å². The van der Waals surface area contributed by atoms with E-state index in [0.717, 1.165) is 30.4 Å². The lowest BCUT2D eigenvalue weighted by molar-refractivity contribution is 0.0698. The van der Waals surface area contributed by atoms with E-state index < -0.39 is 10.0 Å². The van der Waals surface area contributed by atoms with Gasteiger partial charge in [-0.3, -0.25) is 9.69 Å². The van der Waals surface area contributed by atoms with Crippen LogP contribution in [0.4, 0.5) is 0 Å². The van der Waals surface area contributed by atoms with Gasteiger partial charge in [-0.15, -0.1) is 12.4 Å². The smallest absolute Gasteiger partial charge is 0.253 e. The van der Waals surface area contributed by atoms with Gasteiger partial charge < -0.3 is 4.90 Å². The van der Waals surface area contributed by atoms with E-state index in [2.05, 4.69) is 4.90 Å². The summed E-state index contributed by atoms with van der Waals surface area (Å²) >= 11 is 0. The molecule has 2 aliphatic heterocycles. The number of hydrogen-bond donors (Lipinski definition) is 0. The third kappa shape index (κ3) is 5.70. The molecular weight excluding hydrogens is 482 g/mol. The maximum Gasteiger partial charge on any atom is 0.253 e. The minimum absolute atomic E-state index is 0. The number of piperidine rings is 1. The molecule has 0 atom stereocenters. The van der Waals surface area contributed by atoms with Crippen LogP contribution >= 0.6 is 12.4 Å². The van der Waals surface area contributed by atoms with Crippen LogP contribution in [0.15, 0.2) is 71.6 Å². The average molecular weight is 514 g/mol. The maximum atomic E-state index is 13.2. The predicted octanol–water partition coefficient (Wildman–Crippen LogP) is 4.39. The zero-order valence-corrected chi connectivity index (χ0v) is 21.4. The van der Waals surface area contributed by atoms with Crippen molar-refractivity contribution in [1.82, 2.24) is 14.1 Å². The number of sulfonamides is 1. The van der Waals surface area contributed by atoms with E-state index in [1.165, 1.54) is 29.1 Å². The van der Waals surface area contributed by atoms with Crippen molar-refractivity contribution in [2.75, 3.05) is 39.3 Å². The lowest BCUT2D eigenvalue weighted by atomic mass is 10.1. The van der Waals surface area contributed by atoms with E-state index in [9.17, 15) is 13.2 Å². The van der Waals surface area contributed by atoms with Crippen molar-refractivity contribution in [1.29, 1.82) is 0 Å². The molecule has 0 radical (unpaired) electrons. The fraction of sp³-hybridized carbons (Fsp3) is 0.370. The zero-order valence-electron chi connectivity index (χ0n) is 19.8. The molecule has 0 bridgehead atoms. The molecule has 0 unspecified atom stereocenters. The molecule has 6 nitrogen and oxygen atoms in total. The number of rotatable bonds is 5. The number of amides is 1. The Kier molecular flexibility index (Phi) is 8.12. The van der Waals surface area contributed by atoms with Crippen molar-refractivity contribution in [2.24, 2.45) is 0 Å². The van der Waals surface area contributed by atoms with Crippen molar-refractivity contribution < 1.29 is 13.2 Å². The Morgan fingerprint density at radius 3 is 2.09 bits per heavy atom. The molecule has 2 fully saturated rings. The van der Waals surface area contributed by atoms with Crippen molar-refractivity contribution in [2.45, 2.75) is 30.7 Å². The van der Waals surface area contributed by atoms with Crippen LogP contribution in [-0.4, -0.2) is 67.7 Å². The van der Waals surface area contributed by atoms with Gasteiger partial charge in [-0.05, 0) is 66.5 Å². The first-order valence-corrected chi connectivity index (χ1v) is 13.5. The summed E-state index contributed by atoms with van der Waals surface area (Å²) in [5.41, 5.74) is 1.89. The molecule has 186 valence electrons. The van der Waals surface area contributed by atoms with Gasteiger partial charge in [0.25, 0.3) is 5.91 Å². The summed E-state index contributed by atoms with van der Waals surface area (Å²) in [7, 11) is -3.60. The topological polar surface area (TPSA) is 60.9 Å². The Morgan fingerprint density at radius 1 is 0.743 bits per heavy atom. The minimum Gasteiger partial charge on any atom is -0.336 e. The first kappa shape index (κ1) is 25.6. The van der Waals surface area contributed by atoms with Crippen LogP contribution < -0.4 is 0 Å². The minimum atomic E-state index is -3.60. The molecule has 1 amide bonds. The first-order valence-electron chi connectivity index (χ1n) is 12.1. The standard InChI is InChI=1S/C27H31N3O3S.ClH/c31-27(24-10-8-22(9-11-24)21-28-14-4-1-5-15-28)29-16-18-30(19-17-29)34(32,33)26-13-12-23-6-2-3-7-25(23)20-26;/h2-3,6-13,20H,1,4-5,14-19,21H2;1H. The van der Waals surface area contributed by atoms with Gasteiger partial charge in [0, 0.05) is 38.3 Å². The molecule has 2 saturated heterocycles. The SMILES string of the molecule is Cl.O=C(c1ccc(CN2CCCCC2)cc1)N1CCN(S(=O)(=O)c2ccc3ccccc3c2)CC1. The van der Waals surface area contributed by atoms with Crippen LogP contribution in [0.25, 0.3) is 10.8 Å². The van der Waals surface area contributed by atoms with Crippen LogP contribution in [0.5, 0.6) is 0 Å². The molecule has 0 aliphatic carbocycles. The molecule has 3 aromatic rings. The van der Waals surface area contributed by atoms with E-state index in [0.29, 0.717) is 36.6 Å². The summed E-state index contributed by atoms with van der Waals surface area (Å²) in [6.45, 7) is 4.60. The van der Waals surface area contributed by atoms with Gasteiger partial charge in [0.1, 0.15) is 0 Å². The van der Waals surface area contributed by atoms with Crippen LogP contribution in [0, 0.1) is 0 Å². The van der Waals surface area contributed by atoms with E-state index in [4.69, 9.17) is 0 Å². The lowest BCUT2D eigenvalue weighted by Crippen LogP contribution is -2.50. The second-order valence-corrected chi connectivity index (χ2v) is 11.2. The Hall–Kier alpha value is -2.45. The summed E-state index contributed by atoms with van der Waals surface area (Å²) in [6.07, 6.45) is 3.85. The quantitative estimate of drug-likeness (QED) is 0.507. The van der Waals surface area contributed by atoms with E-state index >= 15 is 0 Å². The normalized spacial score (nSPS) is 17.8. The number of carbonyl (C=O) groups is 1. The Labute approximate surface area is 214 Å². The van der Waals surface area contributed by atoms with Gasteiger partial charge in [-0.2, -0.15) is 4.31 Å². The largest absolute Gasteiger partial charge is 0.336 e. The number of carbonyl (C=O) groups excluding carboxylic acids is 1. The Bertz CT molecular complexity index is 1270. The second kappa shape index (κ2) is 11.1. The van der Waals surface area contributed by atoms with Gasteiger partial charge in [-0.1, -0.05) is 48.9 Å². The number of fused-ring (bicyclic) bond motifs is 1. The van der Waals surface area contributed by atoms with E-state index in [1.54, 1.807) is 17.0 Å². The molecule has 0 spiro atoms. The number of likely N-dealkylation sites (tertiary alicyclic amines) is 1. The highest BCUT2D eigenvalue weighted by Gasteiger charge is 2.30. The fourth-order valence-corrected chi connectivity index (χ4v) is 6.38. The molecule has 5 rings (SSSR count). The van der Waals surface area contributed by atoms with Crippen molar-refractivity contribution in [3.05, 3.63) is 77.9 Å². The number of nitrogens with zero attached hydrogens (tertiary/aromatic N) is 3. The maximum absolute atomic E-state index is 13.2. The number of benzene rings is 3. The monoisotopic (exact) mass is 513 g/mol. The summed E-state index contributed by atoms with van der Waals surface area (Å²) in [4.78, 5) is 17.5. The van der Waals surface area contributed by atoms with Gasteiger partial charge >= 0.3 is 0 Å². The molecule has 35 heavy (non-hydrogen) atoms. The van der Waals surface area contributed by atoms with Crippen LogP contribution in [0.3, 0.4) is 0 Å². The van der Waals surface area contributed by atoms with E-state index in [-0.39, 0.29) is 18.3 Å². The van der Waals surface area contributed by atoms with Gasteiger partial charge in [0.05, 0.1) is 4.90 Å². The molecule has 0 N–H and O–H groups in total. The Morgan fingerprint density at radius 2 is 1.40 bits per heavy atom. The molecule has 2 heterocycles. The predicted molar refractivity (Wildman–Crippen MR) is 141 cm³/mol. The average Bonchev–Trinajstić information content (AvgIpc) is 2.89. The van der Waals surface area contributed by atoms with Gasteiger partial charge in [0.15, 0.2) is 0 Å². The van der Waals surface area contributed by atoms with Crippen LogP contribution in [-0.2, 0) is 16.6 Å². The summed E-state index contributed by atoms with van der Waals surface area (Å²) in [5.74, 6) is -0.0349. The highest BCUT2D eigenvalue weighted by atomic mass is 35.5. The number of halogens is 1.